The lowest BCUT2D eigenvalue weighted by atomic mass is 10.1. The van der Waals surface area contributed by atoms with Gasteiger partial charge in [-0.15, -0.1) is 0 Å². The number of nitrogens with one attached hydrogen (secondary N) is 1. The molecular weight excluding hydrogens is 574 g/mol. The highest BCUT2D eigenvalue weighted by molar-refractivity contribution is 14.1. The molecule has 11 heteroatoms. The number of carbonyl (C=O) groups excluding carboxylic acids is 3. The maximum Gasteiger partial charge on any atom is 0.329 e. The van der Waals surface area contributed by atoms with Crippen molar-refractivity contribution >= 4 is 69.8 Å². The van der Waals surface area contributed by atoms with Crippen molar-refractivity contribution in [2.75, 3.05) is 20.8 Å². The van der Waals surface area contributed by atoms with Gasteiger partial charge in [0, 0.05) is 15.6 Å². The molecule has 2 aromatic carbocycles. The van der Waals surface area contributed by atoms with Gasteiger partial charge in [-0.1, -0.05) is 29.3 Å². The van der Waals surface area contributed by atoms with Crippen LogP contribution < -0.4 is 14.8 Å². The molecule has 32 heavy (non-hydrogen) atoms. The second-order valence-electron chi connectivity index (χ2n) is 6.51. The Labute approximate surface area is 207 Å². The third-order valence-electron chi connectivity index (χ3n) is 4.43. The largest absolute Gasteiger partial charge is 0.493 e. The van der Waals surface area contributed by atoms with Crippen LogP contribution in [-0.2, 0) is 20.9 Å². The van der Waals surface area contributed by atoms with E-state index in [9.17, 15) is 14.4 Å². The quantitative estimate of drug-likeness (QED) is 0.224. The normalized spacial score (nSPS) is 14.5. The Balaban J connectivity index is 1.82. The summed E-state index contributed by atoms with van der Waals surface area (Å²) in [6.45, 7) is -0.279. The molecule has 0 bridgehead atoms. The summed E-state index contributed by atoms with van der Waals surface area (Å²) in [5, 5.41) is 3.47. The lowest BCUT2D eigenvalue weighted by molar-refractivity contribution is -0.143. The number of ether oxygens (including phenoxy) is 3. The summed E-state index contributed by atoms with van der Waals surface area (Å²) in [5.74, 6) is -0.410. The first-order valence-electron chi connectivity index (χ1n) is 9.09. The van der Waals surface area contributed by atoms with Gasteiger partial charge in [0.2, 0.25) is 0 Å². The van der Waals surface area contributed by atoms with Gasteiger partial charge in [0.25, 0.3) is 5.91 Å². The van der Waals surface area contributed by atoms with E-state index in [2.05, 4.69) is 32.6 Å². The molecule has 168 valence electrons. The lowest BCUT2D eigenvalue weighted by Crippen LogP contribution is -2.36. The number of halogens is 3. The highest BCUT2D eigenvalue weighted by atomic mass is 127. The van der Waals surface area contributed by atoms with Crippen LogP contribution in [0.3, 0.4) is 0 Å². The van der Waals surface area contributed by atoms with E-state index >= 15 is 0 Å². The van der Waals surface area contributed by atoms with E-state index in [0.29, 0.717) is 30.7 Å². The number of esters is 1. The van der Waals surface area contributed by atoms with Crippen molar-refractivity contribution in [3.05, 3.63) is 60.8 Å². The molecule has 8 nitrogen and oxygen atoms in total. The minimum Gasteiger partial charge on any atom is -0.493 e. The Morgan fingerprint density at radius 3 is 2.59 bits per heavy atom. The number of methoxy groups -OCH3 is 2. The molecule has 3 amide bonds. The first-order chi connectivity index (χ1) is 15.2. The zero-order valence-electron chi connectivity index (χ0n) is 16.9. The van der Waals surface area contributed by atoms with E-state index in [-0.39, 0.29) is 12.3 Å². The van der Waals surface area contributed by atoms with Crippen LogP contribution in [0.15, 0.2) is 36.0 Å². The molecule has 0 spiro atoms. The van der Waals surface area contributed by atoms with Crippen LogP contribution in [0.25, 0.3) is 6.08 Å². The van der Waals surface area contributed by atoms with Gasteiger partial charge in [0.15, 0.2) is 11.5 Å². The Hall–Kier alpha value is -2.50. The number of urea groups is 1. The Morgan fingerprint density at radius 1 is 1.19 bits per heavy atom. The minimum absolute atomic E-state index is 0.0263. The number of hydrogen-bond donors (Lipinski definition) is 1. The van der Waals surface area contributed by atoms with Crippen molar-refractivity contribution in [2.45, 2.75) is 6.61 Å². The number of amides is 3. The number of nitrogens with zero attached hydrogens (tertiary/aromatic N) is 1. The number of imide groups is 1. The molecule has 2 aromatic rings. The minimum atomic E-state index is -0.701. The summed E-state index contributed by atoms with van der Waals surface area (Å²) in [4.78, 5) is 36.7. The molecule has 1 heterocycles. The second-order valence-corrected chi connectivity index (χ2v) is 8.52. The van der Waals surface area contributed by atoms with Crippen LogP contribution >= 0.6 is 45.8 Å². The van der Waals surface area contributed by atoms with E-state index in [0.717, 1.165) is 10.5 Å². The van der Waals surface area contributed by atoms with Crippen LogP contribution in [-0.4, -0.2) is 43.6 Å². The standard InChI is InChI=1S/C21H17Cl2IN2O6/c1-30-17-7-11(6-16-20(28)26(21(29)25-16)9-18(27)31-2)5-15(24)19(17)32-10-12-3-4-13(22)8-14(12)23/h3-8H,9-10H2,1-2H3,(H,25,29)/b16-6+. The Morgan fingerprint density at radius 2 is 1.94 bits per heavy atom. The molecule has 1 saturated heterocycles. The zero-order valence-corrected chi connectivity index (χ0v) is 20.6. The highest BCUT2D eigenvalue weighted by Crippen LogP contribution is 2.36. The van der Waals surface area contributed by atoms with Crippen LogP contribution in [0.2, 0.25) is 10.0 Å². The van der Waals surface area contributed by atoms with Crippen LogP contribution in [0.4, 0.5) is 4.79 Å². The van der Waals surface area contributed by atoms with Crippen molar-refractivity contribution in [1.82, 2.24) is 10.2 Å². The molecule has 0 atom stereocenters. The number of benzene rings is 2. The monoisotopic (exact) mass is 590 g/mol. The molecule has 3 rings (SSSR count). The Bertz CT molecular complexity index is 1120. The van der Waals surface area contributed by atoms with E-state index < -0.39 is 24.5 Å². The van der Waals surface area contributed by atoms with Crippen molar-refractivity contribution in [3.8, 4) is 11.5 Å². The highest BCUT2D eigenvalue weighted by Gasteiger charge is 2.35. The number of rotatable bonds is 7. The maximum atomic E-state index is 12.5. The molecule has 0 radical (unpaired) electrons. The van der Waals surface area contributed by atoms with Gasteiger partial charge in [-0.3, -0.25) is 9.59 Å². The van der Waals surface area contributed by atoms with Gasteiger partial charge in [-0.25, -0.2) is 9.69 Å². The first-order valence-corrected chi connectivity index (χ1v) is 10.9. The third kappa shape index (κ3) is 5.45. The fourth-order valence-corrected chi connectivity index (χ4v) is 4.07. The molecule has 1 N–H and O–H groups in total. The second kappa shape index (κ2) is 10.4. The molecule has 1 aliphatic heterocycles. The molecular formula is C21H17Cl2IN2O6. The molecule has 1 fully saturated rings. The number of carbonyl (C=O) groups is 3. The maximum absolute atomic E-state index is 12.5. The van der Waals surface area contributed by atoms with Gasteiger partial charge in [-0.2, -0.15) is 0 Å². The lowest BCUT2D eigenvalue weighted by Gasteiger charge is -2.14. The topological polar surface area (TPSA) is 94.2 Å². The Kier molecular flexibility index (Phi) is 7.86. The van der Waals surface area contributed by atoms with Crippen molar-refractivity contribution < 1.29 is 28.6 Å². The summed E-state index contributed by atoms with van der Waals surface area (Å²) in [6.07, 6.45) is 1.49. The van der Waals surface area contributed by atoms with Gasteiger partial charge in [0.05, 0.1) is 17.8 Å². The summed E-state index contributed by atoms with van der Waals surface area (Å²) >= 11 is 14.2. The van der Waals surface area contributed by atoms with Gasteiger partial charge in [0.1, 0.15) is 18.8 Å². The molecule has 1 aliphatic rings. The number of hydrogen-bond acceptors (Lipinski definition) is 6. The van der Waals surface area contributed by atoms with Gasteiger partial charge >= 0.3 is 12.0 Å². The van der Waals surface area contributed by atoms with E-state index in [1.165, 1.54) is 20.3 Å². The fourth-order valence-electron chi connectivity index (χ4n) is 2.83. The van der Waals surface area contributed by atoms with Gasteiger partial charge < -0.3 is 19.5 Å². The predicted octanol–water partition coefficient (Wildman–Crippen LogP) is 4.25. The molecule has 0 aliphatic carbocycles. The molecule has 0 unspecified atom stereocenters. The molecule has 0 saturated carbocycles. The van der Waals surface area contributed by atoms with Crippen LogP contribution in [0.5, 0.6) is 11.5 Å². The summed E-state index contributed by atoms with van der Waals surface area (Å²) in [5.41, 5.74) is 1.37. The summed E-state index contributed by atoms with van der Waals surface area (Å²) in [7, 11) is 2.67. The average molecular weight is 591 g/mol. The van der Waals surface area contributed by atoms with Crippen molar-refractivity contribution in [2.24, 2.45) is 0 Å². The average Bonchev–Trinajstić information content (AvgIpc) is 3.00. The van der Waals surface area contributed by atoms with E-state index in [1.54, 1.807) is 30.3 Å². The first kappa shape index (κ1) is 24.1. The van der Waals surface area contributed by atoms with E-state index in [4.69, 9.17) is 32.7 Å². The predicted molar refractivity (Wildman–Crippen MR) is 127 cm³/mol. The van der Waals surface area contributed by atoms with Gasteiger partial charge in [-0.05, 0) is 58.5 Å². The summed E-state index contributed by atoms with van der Waals surface area (Å²) < 4.78 is 16.6. The zero-order chi connectivity index (χ0) is 23.4. The van der Waals surface area contributed by atoms with Crippen molar-refractivity contribution in [3.63, 3.8) is 0 Å². The summed E-state index contributed by atoms with van der Waals surface area (Å²) in [6, 6.07) is 7.86. The van der Waals surface area contributed by atoms with Crippen LogP contribution in [0, 0.1) is 3.57 Å². The van der Waals surface area contributed by atoms with Crippen molar-refractivity contribution in [1.29, 1.82) is 0 Å². The van der Waals surface area contributed by atoms with Crippen LogP contribution in [0.1, 0.15) is 11.1 Å². The smallest absolute Gasteiger partial charge is 0.329 e. The third-order valence-corrected chi connectivity index (χ3v) is 5.82. The molecule has 0 aromatic heterocycles. The van der Waals surface area contributed by atoms with E-state index in [1.807, 2.05) is 0 Å². The fraction of sp³-hybridized carbons (Fsp3) is 0.190. The SMILES string of the molecule is COC(=O)CN1C(=O)N/C(=C/c2cc(I)c(OCc3ccc(Cl)cc3Cl)c(OC)c2)C1=O.